The molecule has 0 radical (unpaired) electrons. The van der Waals surface area contributed by atoms with Crippen molar-refractivity contribution < 1.29 is 13.2 Å². The molecular formula is C16H23N3O3S. The topological polar surface area (TPSA) is 61.9 Å². The fourth-order valence-corrected chi connectivity index (χ4v) is 5.28. The second-order valence-corrected chi connectivity index (χ2v) is 8.50. The minimum absolute atomic E-state index is 0.118. The van der Waals surface area contributed by atoms with Gasteiger partial charge in [0.05, 0.1) is 6.04 Å². The summed E-state index contributed by atoms with van der Waals surface area (Å²) in [5, 5.41) is 0. The fourth-order valence-electron chi connectivity index (χ4n) is 3.89. The standard InChI is InChI=1S/C16H23N3O3S/c1-18-8-6-12(7-9-18)19-10-13-15(11-19)22-14-4-2-3-5-16(14)23(20,21)17-13/h2-5,12-13,15,17H,6-11H2,1H3. The molecule has 3 aliphatic rings. The third kappa shape index (κ3) is 2.87. The van der Waals surface area contributed by atoms with E-state index in [0.717, 1.165) is 39.0 Å². The summed E-state index contributed by atoms with van der Waals surface area (Å²) in [6.07, 6.45) is 2.16. The Kier molecular flexibility index (Phi) is 3.84. The van der Waals surface area contributed by atoms with Gasteiger partial charge < -0.3 is 9.64 Å². The lowest BCUT2D eigenvalue weighted by Gasteiger charge is -2.35. The molecule has 1 aromatic rings. The number of rotatable bonds is 1. The van der Waals surface area contributed by atoms with Crippen LogP contribution < -0.4 is 9.46 Å². The molecule has 7 heteroatoms. The Hall–Kier alpha value is -1.15. The van der Waals surface area contributed by atoms with Gasteiger partial charge in [-0.1, -0.05) is 12.1 Å². The zero-order valence-corrected chi connectivity index (χ0v) is 14.1. The summed E-state index contributed by atoms with van der Waals surface area (Å²) in [5.74, 6) is 0.470. The van der Waals surface area contributed by atoms with Crippen LogP contribution >= 0.6 is 0 Å². The first-order valence-corrected chi connectivity index (χ1v) is 9.72. The number of nitrogens with one attached hydrogen (secondary N) is 1. The van der Waals surface area contributed by atoms with Crippen LogP contribution in [-0.2, 0) is 10.0 Å². The molecule has 6 nitrogen and oxygen atoms in total. The molecule has 2 fully saturated rings. The molecule has 3 aliphatic heterocycles. The number of hydrogen-bond acceptors (Lipinski definition) is 5. The highest BCUT2D eigenvalue weighted by Crippen LogP contribution is 2.32. The molecule has 2 saturated heterocycles. The Morgan fingerprint density at radius 1 is 1.17 bits per heavy atom. The van der Waals surface area contributed by atoms with Crippen LogP contribution in [0.25, 0.3) is 0 Å². The van der Waals surface area contributed by atoms with E-state index in [1.807, 2.05) is 6.07 Å². The molecule has 0 bridgehead atoms. The maximum Gasteiger partial charge on any atom is 0.244 e. The molecule has 3 heterocycles. The smallest absolute Gasteiger partial charge is 0.244 e. The van der Waals surface area contributed by atoms with Crippen LogP contribution in [0.15, 0.2) is 29.2 Å². The van der Waals surface area contributed by atoms with Crippen LogP contribution in [0.1, 0.15) is 12.8 Å². The van der Waals surface area contributed by atoms with E-state index in [4.69, 9.17) is 4.74 Å². The van der Waals surface area contributed by atoms with Crippen molar-refractivity contribution >= 4 is 10.0 Å². The first-order chi connectivity index (χ1) is 11.0. The number of likely N-dealkylation sites (tertiary alicyclic amines) is 2. The van der Waals surface area contributed by atoms with E-state index in [9.17, 15) is 8.42 Å². The number of nitrogens with zero attached hydrogens (tertiary/aromatic N) is 2. The van der Waals surface area contributed by atoms with Crippen LogP contribution in [0.3, 0.4) is 0 Å². The summed E-state index contributed by atoms with van der Waals surface area (Å²) >= 11 is 0. The van der Waals surface area contributed by atoms with Crippen LogP contribution in [0.4, 0.5) is 0 Å². The van der Waals surface area contributed by atoms with Gasteiger partial charge in [-0.05, 0) is 45.1 Å². The third-order valence-corrected chi connectivity index (χ3v) is 6.75. The Balaban J connectivity index is 1.55. The van der Waals surface area contributed by atoms with Gasteiger partial charge in [-0.15, -0.1) is 0 Å². The zero-order valence-electron chi connectivity index (χ0n) is 13.3. The molecular weight excluding hydrogens is 314 g/mol. The highest BCUT2D eigenvalue weighted by molar-refractivity contribution is 7.89. The van der Waals surface area contributed by atoms with E-state index in [0.29, 0.717) is 11.8 Å². The predicted molar refractivity (Wildman–Crippen MR) is 87.1 cm³/mol. The molecule has 0 amide bonds. The van der Waals surface area contributed by atoms with Crippen LogP contribution in [-0.4, -0.2) is 69.6 Å². The molecule has 1 aromatic carbocycles. The Bertz CT molecular complexity index is 686. The number of benzene rings is 1. The molecule has 1 N–H and O–H groups in total. The second kappa shape index (κ2) is 5.73. The number of fused-ring (bicyclic) bond motifs is 2. The summed E-state index contributed by atoms with van der Waals surface area (Å²) in [5.41, 5.74) is 0. The first kappa shape index (κ1) is 15.4. The normalized spacial score (nSPS) is 31.9. The van der Waals surface area contributed by atoms with Crippen molar-refractivity contribution in [3.8, 4) is 5.75 Å². The van der Waals surface area contributed by atoms with Crippen molar-refractivity contribution in [2.45, 2.75) is 35.9 Å². The minimum Gasteiger partial charge on any atom is -0.486 e. The lowest BCUT2D eigenvalue weighted by atomic mass is 10.0. The van der Waals surface area contributed by atoms with Crippen molar-refractivity contribution in [3.63, 3.8) is 0 Å². The van der Waals surface area contributed by atoms with Gasteiger partial charge in [-0.25, -0.2) is 13.1 Å². The number of hydrogen-bond donors (Lipinski definition) is 1. The van der Waals surface area contributed by atoms with E-state index in [-0.39, 0.29) is 17.0 Å². The fraction of sp³-hybridized carbons (Fsp3) is 0.625. The lowest BCUT2D eigenvalue weighted by Crippen LogP contribution is -2.44. The van der Waals surface area contributed by atoms with Gasteiger partial charge in [0.2, 0.25) is 10.0 Å². The molecule has 2 unspecified atom stereocenters. The summed E-state index contributed by atoms with van der Waals surface area (Å²) in [6.45, 7) is 3.72. The number of para-hydroxylation sites is 1. The van der Waals surface area contributed by atoms with Crippen LogP contribution in [0.2, 0.25) is 0 Å². The van der Waals surface area contributed by atoms with Crippen molar-refractivity contribution in [1.82, 2.24) is 14.5 Å². The third-order valence-electron chi connectivity index (χ3n) is 5.22. The van der Waals surface area contributed by atoms with Gasteiger partial charge >= 0.3 is 0 Å². The van der Waals surface area contributed by atoms with Gasteiger partial charge in [0.1, 0.15) is 16.7 Å². The van der Waals surface area contributed by atoms with Crippen molar-refractivity contribution in [2.24, 2.45) is 0 Å². The Labute approximate surface area is 137 Å². The van der Waals surface area contributed by atoms with Crippen molar-refractivity contribution in [3.05, 3.63) is 24.3 Å². The molecule has 4 rings (SSSR count). The molecule has 23 heavy (non-hydrogen) atoms. The van der Waals surface area contributed by atoms with E-state index < -0.39 is 10.0 Å². The Morgan fingerprint density at radius 2 is 1.91 bits per heavy atom. The van der Waals surface area contributed by atoms with E-state index in [2.05, 4.69) is 21.6 Å². The van der Waals surface area contributed by atoms with Gasteiger partial charge in [0.25, 0.3) is 0 Å². The average Bonchev–Trinajstić information content (AvgIpc) is 2.86. The second-order valence-electron chi connectivity index (χ2n) is 6.82. The lowest BCUT2D eigenvalue weighted by molar-refractivity contribution is 0.125. The molecule has 0 saturated carbocycles. The average molecular weight is 337 g/mol. The highest BCUT2D eigenvalue weighted by atomic mass is 32.2. The monoisotopic (exact) mass is 337 g/mol. The van der Waals surface area contributed by atoms with E-state index in [1.165, 1.54) is 0 Å². The van der Waals surface area contributed by atoms with Crippen molar-refractivity contribution in [2.75, 3.05) is 33.2 Å². The summed E-state index contributed by atoms with van der Waals surface area (Å²) in [4.78, 5) is 5.00. The Morgan fingerprint density at radius 3 is 2.70 bits per heavy atom. The molecule has 0 aromatic heterocycles. The summed E-state index contributed by atoms with van der Waals surface area (Å²) in [6, 6.07) is 7.25. The number of ether oxygens (including phenoxy) is 1. The largest absolute Gasteiger partial charge is 0.486 e. The predicted octanol–water partition coefficient (Wildman–Crippen LogP) is 0.504. The SMILES string of the molecule is CN1CCC(N2CC3NS(=O)(=O)c4ccccc4OC3C2)CC1. The van der Waals surface area contributed by atoms with E-state index >= 15 is 0 Å². The molecule has 0 spiro atoms. The first-order valence-electron chi connectivity index (χ1n) is 8.23. The zero-order chi connectivity index (χ0) is 16.0. The minimum atomic E-state index is -3.51. The van der Waals surface area contributed by atoms with Gasteiger partial charge in [-0.2, -0.15) is 0 Å². The maximum atomic E-state index is 12.5. The van der Waals surface area contributed by atoms with Gasteiger partial charge in [-0.3, -0.25) is 4.90 Å². The maximum absolute atomic E-state index is 12.5. The number of sulfonamides is 1. The highest BCUT2D eigenvalue weighted by Gasteiger charge is 2.43. The molecule has 0 aliphatic carbocycles. The summed E-state index contributed by atoms with van der Waals surface area (Å²) < 4.78 is 34.0. The summed E-state index contributed by atoms with van der Waals surface area (Å²) in [7, 11) is -1.35. The van der Waals surface area contributed by atoms with Gasteiger partial charge in [0, 0.05) is 19.1 Å². The molecule has 2 atom stereocenters. The number of piperidine rings is 1. The van der Waals surface area contributed by atoms with Crippen LogP contribution in [0, 0.1) is 0 Å². The quantitative estimate of drug-likeness (QED) is 0.809. The molecule has 126 valence electrons. The van der Waals surface area contributed by atoms with Crippen LogP contribution in [0.5, 0.6) is 5.75 Å². The van der Waals surface area contributed by atoms with Gasteiger partial charge in [0.15, 0.2) is 0 Å². The van der Waals surface area contributed by atoms with Crippen molar-refractivity contribution in [1.29, 1.82) is 0 Å². The van der Waals surface area contributed by atoms with E-state index in [1.54, 1.807) is 18.2 Å².